The molecule has 2 heterocycles. The molecule has 1 aromatic heterocycles. The van der Waals surface area contributed by atoms with E-state index in [1.807, 2.05) is 17.5 Å². The van der Waals surface area contributed by atoms with Gasteiger partial charge in [-0.15, -0.1) is 11.3 Å². The molecule has 0 fully saturated rings. The van der Waals surface area contributed by atoms with Crippen LogP contribution in [0.1, 0.15) is 32.8 Å². The van der Waals surface area contributed by atoms with E-state index in [0.717, 1.165) is 4.88 Å². The molecule has 5 nitrogen and oxygen atoms in total. The van der Waals surface area contributed by atoms with Crippen LogP contribution in [0.2, 0.25) is 0 Å². The number of methoxy groups -OCH3 is 1. The SMILES string of the molecule is COCCN1C(=O)c2ccccc2C(C(=O)O)C1c1cccs1. The molecule has 1 aromatic carbocycles. The van der Waals surface area contributed by atoms with Crippen molar-refractivity contribution in [3.05, 3.63) is 57.8 Å². The lowest BCUT2D eigenvalue weighted by Gasteiger charge is -2.40. The molecule has 3 rings (SSSR count). The predicted octanol–water partition coefficient (Wildman–Crippen LogP) is 2.76. The number of hydrogen-bond acceptors (Lipinski definition) is 4. The fourth-order valence-corrected chi connectivity index (χ4v) is 3.94. The van der Waals surface area contributed by atoms with Gasteiger partial charge in [-0.2, -0.15) is 0 Å². The minimum Gasteiger partial charge on any atom is -0.481 e. The lowest BCUT2D eigenvalue weighted by atomic mass is 9.82. The van der Waals surface area contributed by atoms with E-state index in [0.29, 0.717) is 24.3 Å². The maximum atomic E-state index is 12.9. The highest BCUT2D eigenvalue weighted by molar-refractivity contribution is 7.10. The topological polar surface area (TPSA) is 66.8 Å². The second kappa shape index (κ2) is 6.52. The van der Waals surface area contributed by atoms with Gasteiger partial charge in [0.2, 0.25) is 0 Å². The molecule has 6 heteroatoms. The number of thiophene rings is 1. The fourth-order valence-electron chi connectivity index (χ4n) is 3.07. The van der Waals surface area contributed by atoms with E-state index in [9.17, 15) is 14.7 Å². The normalized spacial score (nSPS) is 20.4. The van der Waals surface area contributed by atoms with Gasteiger partial charge < -0.3 is 14.7 Å². The van der Waals surface area contributed by atoms with Crippen LogP contribution in [-0.4, -0.2) is 42.1 Å². The highest BCUT2D eigenvalue weighted by atomic mass is 32.1. The molecule has 0 saturated carbocycles. The van der Waals surface area contributed by atoms with Gasteiger partial charge in [0.1, 0.15) is 5.92 Å². The zero-order valence-electron chi connectivity index (χ0n) is 12.6. The van der Waals surface area contributed by atoms with Crippen LogP contribution in [0.25, 0.3) is 0 Å². The first-order valence-corrected chi connectivity index (χ1v) is 8.18. The lowest BCUT2D eigenvalue weighted by molar-refractivity contribution is -0.140. The van der Waals surface area contributed by atoms with Gasteiger partial charge in [0, 0.05) is 24.1 Å². The Morgan fingerprint density at radius 1 is 1.30 bits per heavy atom. The molecule has 0 spiro atoms. The van der Waals surface area contributed by atoms with E-state index in [1.54, 1.807) is 36.3 Å². The van der Waals surface area contributed by atoms with Crippen LogP contribution in [0.3, 0.4) is 0 Å². The molecule has 1 N–H and O–H groups in total. The number of carboxylic acids is 1. The summed E-state index contributed by atoms with van der Waals surface area (Å²) in [5.41, 5.74) is 1.04. The average Bonchev–Trinajstić information content (AvgIpc) is 3.07. The van der Waals surface area contributed by atoms with Gasteiger partial charge in [0.15, 0.2) is 0 Å². The number of aliphatic carboxylic acids is 1. The molecular weight excluding hydrogens is 314 g/mol. The van der Waals surface area contributed by atoms with Crippen molar-refractivity contribution in [2.45, 2.75) is 12.0 Å². The van der Waals surface area contributed by atoms with Crippen molar-refractivity contribution < 1.29 is 19.4 Å². The van der Waals surface area contributed by atoms with Gasteiger partial charge in [-0.05, 0) is 23.1 Å². The zero-order valence-corrected chi connectivity index (χ0v) is 13.5. The summed E-state index contributed by atoms with van der Waals surface area (Å²) in [4.78, 5) is 27.4. The number of hydrogen-bond donors (Lipinski definition) is 1. The van der Waals surface area contributed by atoms with Crippen molar-refractivity contribution in [3.8, 4) is 0 Å². The average molecular weight is 331 g/mol. The smallest absolute Gasteiger partial charge is 0.313 e. The highest BCUT2D eigenvalue weighted by Gasteiger charge is 2.44. The van der Waals surface area contributed by atoms with Crippen molar-refractivity contribution in [1.29, 1.82) is 0 Å². The fraction of sp³-hybridized carbons (Fsp3) is 0.294. The van der Waals surface area contributed by atoms with Crippen molar-refractivity contribution in [3.63, 3.8) is 0 Å². The van der Waals surface area contributed by atoms with Crippen molar-refractivity contribution in [2.75, 3.05) is 20.3 Å². The van der Waals surface area contributed by atoms with E-state index < -0.39 is 17.9 Å². The van der Waals surface area contributed by atoms with E-state index >= 15 is 0 Å². The van der Waals surface area contributed by atoms with E-state index in [1.165, 1.54) is 11.3 Å². The molecule has 120 valence electrons. The van der Waals surface area contributed by atoms with Gasteiger partial charge in [0.05, 0.1) is 12.6 Å². The molecule has 2 unspecified atom stereocenters. The van der Waals surface area contributed by atoms with Crippen LogP contribution < -0.4 is 0 Å². The summed E-state index contributed by atoms with van der Waals surface area (Å²) in [6.45, 7) is 0.720. The van der Waals surface area contributed by atoms with Crippen LogP contribution in [-0.2, 0) is 9.53 Å². The number of carboxylic acid groups (broad SMARTS) is 1. The second-order valence-corrected chi connectivity index (χ2v) is 6.33. The van der Waals surface area contributed by atoms with Gasteiger partial charge in [-0.3, -0.25) is 9.59 Å². The standard InChI is InChI=1S/C17H17NO4S/c1-22-9-8-18-15(13-7-4-10-23-13)14(17(20)21)11-5-2-3-6-12(11)16(18)19/h2-7,10,14-15H,8-9H2,1H3,(H,20,21). The summed E-state index contributed by atoms with van der Waals surface area (Å²) >= 11 is 1.47. The molecule has 0 radical (unpaired) electrons. The molecule has 0 bridgehead atoms. The Morgan fingerprint density at radius 2 is 2.09 bits per heavy atom. The molecule has 23 heavy (non-hydrogen) atoms. The molecule has 1 amide bonds. The Morgan fingerprint density at radius 3 is 2.74 bits per heavy atom. The summed E-state index contributed by atoms with van der Waals surface area (Å²) in [5.74, 6) is -1.85. The first kappa shape index (κ1) is 15.7. The monoisotopic (exact) mass is 331 g/mol. The Hall–Kier alpha value is -2.18. The van der Waals surface area contributed by atoms with Gasteiger partial charge in [0.25, 0.3) is 5.91 Å². The summed E-state index contributed by atoms with van der Waals surface area (Å²) in [5, 5.41) is 11.7. The number of nitrogens with zero attached hydrogens (tertiary/aromatic N) is 1. The Bertz CT molecular complexity index is 713. The van der Waals surface area contributed by atoms with Crippen molar-refractivity contribution in [2.24, 2.45) is 0 Å². The molecule has 0 aliphatic carbocycles. The van der Waals surface area contributed by atoms with Gasteiger partial charge in [-0.1, -0.05) is 24.3 Å². The first-order chi connectivity index (χ1) is 11.1. The van der Waals surface area contributed by atoms with E-state index in [2.05, 4.69) is 0 Å². The van der Waals surface area contributed by atoms with Crippen LogP contribution in [0.5, 0.6) is 0 Å². The Kier molecular flexibility index (Phi) is 4.45. The predicted molar refractivity (Wildman–Crippen MR) is 86.8 cm³/mol. The minimum absolute atomic E-state index is 0.145. The molecular formula is C17H17NO4S. The summed E-state index contributed by atoms with van der Waals surface area (Å²) in [6, 6.07) is 10.2. The third-order valence-electron chi connectivity index (χ3n) is 4.08. The molecule has 1 aliphatic heterocycles. The largest absolute Gasteiger partial charge is 0.481 e. The quantitative estimate of drug-likeness (QED) is 0.915. The molecule has 2 aromatic rings. The van der Waals surface area contributed by atoms with Gasteiger partial charge in [-0.25, -0.2) is 0 Å². The first-order valence-electron chi connectivity index (χ1n) is 7.30. The number of benzene rings is 1. The van der Waals surface area contributed by atoms with Crippen molar-refractivity contribution >= 4 is 23.2 Å². The number of ether oxygens (including phenoxy) is 1. The number of rotatable bonds is 5. The number of carbonyl (C=O) groups is 2. The van der Waals surface area contributed by atoms with Crippen LogP contribution in [0, 0.1) is 0 Å². The third kappa shape index (κ3) is 2.75. The van der Waals surface area contributed by atoms with Crippen LogP contribution in [0.15, 0.2) is 41.8 Å². The van der Waals surface area contributed by atoms with Crippen LogP contribution in [0.4, 0.5) is 0 Å². The minimum atomic E-state index is -0.925. The highest BCUT2D eigenvalue weighted by Crippen LogP contribution is 2.43. The van der Waals surface area contributed by atoms with Crippen LogP contribution >= 0.6 is 11.3 Å². The Labute approximate surface area is 138 Å². The molecule has 0 saturated heterocycles. The van der Waals surface area contributed by atoms with Crippen molar-refractivity contribution in [1.82, 2.24) is 4.90 Å². The number of amides is 1. The lowest BCUT2D eigenvalue weighted by Crippen LogP contribution is -2.45. The summed E-state index contributed by atoms with van der Waals surface area (Å²) < 4.78 is 5.10. The van der Waals surface area contributed by atoms with E-state index in [-0.39, 0.29) is 5.91 Å². The summed E-state index contributed by atoms with van der Waals surface area (Å²) in [7, 11) is 1.57. The summed E-state index contributed by atoms with van der Waals surface area (Å²) in [6.07, 6.45) is 0. The second-order valence-electron chi connectivity index (χ2n) is 5.35. The number of carbonyl (C=O) groups excluding carboxylic acids is 1. The van der Waals surface area contributed by atoms with E-state index in [4.69, 9.17) is 4.74 Å². The van der Waals surface area contributed by atoms with Gasteiger partial charge >= 0.3 is 5.97 Å². The zero-order chi connectivity index (χ0) is 16.4. The number of fused-ring (bicyclic) bond motifs is 1. The molecule has 2 atom stereocenters. The Balaban J connectivity index is 2.15. The molecule has 1 aliphatic rings. The third-order valence-corrected chi connectivity index (χ3v) is 5.02. The maximum Gasteiger partial charge on any atom is 0.313 e. The maximum absolute atomic E-state index is 12.9.